The normalized spacial score (nSPS) is 25.1. The predicted octanol–water partition coefficient (Wildman–Crippen LogP) is 2.21. The summed E-state index contributed by atoms with van der Waals surface area (Å²) in [5, 5.41) is 9.75. The SMILES string of the molecule is Cc1nc(-c2ccccc2)oc1C(=O)N1C[C@H]2COCC[C@@]2(C(=O)O)C1. The molecular formula is C19H20N2O5. The molecule has 2 aliphatic heterocycles. The van der Waals surface area contributed by atoms with E-state index in [1.54, 1.807) is 11.8 Å². The van der Waals surface area contributed by atoms with Gasteiger partial charge >= 0.3 is 5.97 Å². The van der Waals surface area contributed by atoms with E-state index in [-0.39, 0.29) is 24.1 Å². The Balaban J connectivity index is 1.61. The van der Waals surface area contributed by atoms with E-state index in [4.69, 9.17) is 9.15 Å². The maximum atomic E-state index is 13.0. The zero-order valence-corrected chi connectivity index (χ0v) is 14.5. The number of benzene rings is 1. The molecule has 1 aromatic heterocycles. The molecule has 2 atom stereocenters. The second-order valence-electron chi connectivity index (χ2n) is 6.97. The first-order valence-electron chi connectivity index (χ1n) is 8.64. The molecule has 0 saturated carbocycles. The fourth-order valence-electron chi connectivity index (χ4n) is 3.90. The van der Waals surface area contributed by atoms with Crippen LogP contribution in [0.3, 0.4) is 0 Å². The van der Waals surface area contributed by atoms with E-state index in [2.05, 4.69) is 4.98 Å². The maximum absolute atomic E-state index is 13.0. The summed E-state index contributed by atoms with van der Waals surface area (Å²) >= 11 is 0. The Labute approximate surface area is 150 Å². The van der Waals surface area contributed by atoms with E-state index in [0.29, 0.717) is 37.8 Å². The lowest BCUT2D eigenvalue weighted by atomic mass is 9.74. The lowest BCUT2D eigenvalue weighted by molar-refractivity contribution is -0.157. The average molecular weight is 356 g/mol. The van der Waals surface area contributed by atoms with Crippen LogP contribution in [0.25, 0.3) is 11.5 Å². The molecular weight excluding hydrogens is 336 g/mol. The van der Waals surface area contributed by atoms with Crippen molar-refractivity contribution in [1.82, 2.24) is 9.88 Å². The van der Waals surface area contributed by atoms with Gasteiger partial charge in [0.25, 0.3) is 5.91 Å². The number of ether oxygens (including phenoxy) is 1. The van der Waals surface area contributed by atoms with Crippen LogP contribution >= 0.6 is 0 Å². The van der Waals surface area contributed by atoms with E-state index >= 15 is 0 Å². The molecule has 136 valence electrons. The molecule has 7 nitrogen and oxygen atoms in total. The summed E-state index contributed by atoms with van der Waals surface area (Å²) in [6.07, 6.45) is 0.418. The third-order valence-electron chi connectivity index (χ3n) is 5.43. The third kappa shape index (κ3) is 2.59. The quantitative estimate of drug-likeness (QED) is 0.906. The Bertz CT molecular complexity index is 847. The molecule has 2 fully saturated rings. The molecule has 2 aromatic rings. The summed E-state index contributed by atoms with van der Waals surface area (Å²) in [7, 11) is 0. The summed E-state index contributed by atoms with van der Waals surface area (Å²) < 4.78 is 11.2. The third-order valence-corrected chi connectivity index (χ3v) is 5.43. The van der Waals surface area contributed by atoms with Crippen molar-refractivity contribution in [2.45, 2.75) is 13.3 Å². The Morgan fingerprint density at radius 2 is 2.08 bits per heavy atom. The Hall–Kier alpha value is -2.67. The van der Waals surface area contributed by atoms with Gasteiger partial charge in [-0.1, -0.05) is 18.2 Å². The van der Waals surface area contributed by atoms with Crippen molar-refractivity contribution < 1.29 is 23.8 Å². The van der Waals surface area contributed by atoms with Gasteiger partial charge in [0.05, 0.1) is 17.7 Å². The van der Waals surface area contributed by atoms with Crippen molar-refractivity contribution in [3.05, 3.63) is 41.8 Å². The van der Waals surface area contributed by atoms with Gasteiger partial charge in [0.2, 0.25) is 11.7 Å². The highest BCUT2D eigenvalue weighted by molar-refractivity contribution is 5.94. The number of aliphatic carboxylic acids is 1. The molecule has 1 aromatic carbocycles. The van der Waals surface area contributed by atoms with Gasteiger partial charge in [0.1, 0.15) is 0 Å². The molecule has 0 spiro atoms. The Kier molecular flexibility index (Phi) is 4.03. The molecule has 4 rings (SSSR count). The first-order chi connectivity index (χ1) is 12.5. The number of hydrogen-bond acceptors (Lipinski definition) is 5. The van der Waals surface area contributed by atoms with E-state index in [9.17, 15) is 14.7 Å². The largest absolute Gasteiger partial charge is 0.481 e. The number of aromatic nitrogens is 1. The van der Waals surface area contributed by atoms with Crippen molar-refractivity contribution in [2.24, 2.45) is 11.3 Å². The highest BCUT2D eigenvalue weighted by Crippen LogP contribution is 2.43. The number of fused-ring (bicyclic) bond motifs is 1. The molecule has 2 saturated heterocycles. The number of hydrogen-bond donors (Lipinski definition) is 1. The van der Waals surface area contributed by atoms with Gasteiger partial charge < -0.3 is 19.2 Å². The second-order valence-corrected chi connectivity index (χ2v) is 6.97. The molecule has 0 aliphatic carbocycles. The maximum Gasteiger partial charge on any atom is 0.311 e. The van der Waals surface area contributed by atoms with Gasteiger partial charge in [0.15, 0.2) is 0 Å². The van der Waals surface area contributed by atoms with Crippen LogP contribution in [0.1, 0.15) is 22.7 Å². The van der Waals surface area contributed by atoms with Crippen molar-refractivity contribution in [1.29, 1.82) is 0 Å². The summed E-state index contributed by atoms with van der Waals surface area (Å²) in [4.78, 5) is 30.8. The molecule has 26 heavy (non-hydrogen) atoms. The van der Waals surface area contributed by atoms with Crippen LogP contribution < -0.4 is 0 Å². The van der Waals surface area contributed by atoms with Gasteiger partial charge in [0, 0.05) is 31.2 Å². The smallest absolute Gasteiger partial charge is 0.311 e. The first kappa shape index (κ1) is 16.8. The minimum Gasteiger partial charge on any atom is -0.481 e. The molecule has 1 amide bonds. The highest BCUT2D eigenvalue weighted by atomic mass is 16.5. The van der Waals surface area contributed by atoms with Gasteiger partial charge in [-0.15, -0.1) is 0 Å². The fraction of sp³-hybridized carbons (Fsp3) is 0.421. The van der Waals surface area contributed by atoms with Gasteiger partial charge in [-0.05, 0) is 25.5 Å². The number of amides is 1. The summed E-state index contributed by atoms with van der Waals surface area (Å²) in [6, 6.07) is 9.36. The van der Waals surface area contributed by atoms with Crippen LogP contribution in [0.2, 0.25) is 0 Å². The number of carboxylic acids is 1. The van der Waals surface area contributed by atoms with Crippen molar-refractivity contribution in [3.8, 4) is 11.5 Å². The van der Waals surface area contributed by atoms with Crippen molar-refractivity contribution in [3.63, 3.8) is 0 Å². The molecule has 0 radical (unpaired) electrons. The van der Waals surface area contributed by atoms with E-state index in [1.807, 2.05) is 30.3 Å². The zero-order valence-electron chi connectivity index (χ0n) is 14.5. The lowest BCUT2D eigenvalue weighted by Crippen LogP contribution is -2.45. The number of oxazole rings is 1. The van der Waals surface area contributed by atoms with Crippen molar-refractivity contribution >= 4 is 11.9 Å². The van der Waals surface area contributed by atoms with Crippen LogP contribution in [0.15, 0.2) is 34.7 Å². The molecule has 7 heteroatoms. The molecule has 2 aliphatic rings. The second kappa shape index (κ2) is 6.25. The monoisotopic (exact) mass is 356 g/mol. The van der Waals surface area contributed by atoms with Crippen LogP contribution in [0, 0.1) is 18.3 Å². The molecule has 1 N–H and O–H groups in total. The topological polar surface area (TPSA) is 92.9 Å². The summed E-state index contributed by atoms with van der Waals surface area (Å²) in [5.74, 6) is -0.814. The predicted molar refractivity (Wildman–Crippen MR) is 91.6 cm³/mol. The number of carboxylic acid groups (broad SMARTS) is 1. The van der Waals surface area contributed by atoms with Crippen LogP contribution in [0.5, 0.6) is 0 Å². The number of likely N-dealkylation sites (tertiary alicyclic amines) is 1. The van der Waals surface area contributed by atoms with Gasteiger partial charge in [-0.2, -0.15) is 0 Å². The van der Waals surface area contributed by atoms with E-state index in [0.717, 1.165) is 5.56 Å². The molecule has 0 unspecified atom stereocenters. The minimum atomic E-state index is -0.926. The number of nitrogens with zero attached hydrogens (tertiary/aromatic N) is 2. The summed E-state index contributed by atoms with van der Waals surface area (Å²) in [6.45, 7) is 3.02. The van der Waals surface area contributed by atoms with Crippen molar-refractivity contribution in [2.75, 3.05) is 26.3 Å². The van der Waals surface area contributed by atoms with Crippen LogP contribution in [-0.4, -0.2) is 53.2 Å². The number of carbonyl (C=O) groups excluding carboxylic acids is 1. The average Bonchev–Trinajstić information content (AvgIpc) is 3.23. The first-order valence-corrected chi connectivity index (χ1v) is 8.64. The van der Waals surface area contributed by atoms with Gasteiger partial charge in [-0.25, -0.2) is 4.98 Å². The van der Waals surface area contributed by atoms with Gasteiger partial charge in [-0.3, -0.25) is 9.59 Å². The van der Waals surface area contributed by atoms with E-state index in [1.165, 1.54) is 0 Å². The lowest BCUT2D eigenvalue weighted by Gasteiger charge is -2.33. The highest BCUT2D eigenvalue weighted by Gasteiger charge is 2.55. The number of rotatable bonds is 3. The standard InChI is InChI=1S/C19H20N2O5/c1-12-15(26-16(20-12)13-5-3-2-4-6-13)17(22)21-9-14-10-25-8-7-19(14,11-21)18(23)24/h2-6,14H,7-11H2,1H3,(H,23,24)/t14-,19+/m0/s1. The van der Waals surface area contributed by atoms with Crippen LogP contribution in [-0.2, 0) is 9.53 Å². The fourth-order valence-corrected chi connectivity index (χ4v) is 3.90. The summed E-state index contributed by atoms with van der Waals surface area (Å²) in [5.41, 5.74) is 0.369. The van der Waals surface area contributed by atoms with Crippen LogP contribution in [0.4, 0.5) is 0 Å². The molecule has 0 bridgehead atoms. The zero-order chi connectivity index (χ0) is 18.3. The minimum absolute atomic E-state index is 0.170. The molecule has 3 heterocycles. The Morgan fingerprint density at radius 3 is 2.77 bits per heavy atom. The number of aryl methyl sites for hydroxylation is 1. The number of carbonyl (C=O) groups is 2. The Morgan fingerprint density at radius 1 is 1.31 bits per heavy atom. The van der Waals surface area contributed by atoms with E-state index < -0.39 is 11.4 Å².